The minimum Gasteiger partial charge on any atom is -0.368 e. The summed E-state index contributed by atoms with van der Waals surface area (Å²) in [5, 5.41) is 2.83. The van der Waals surface area contributed by atoms with E-state index in [0.29, 0.717) is 18.5 Å². The quantitative estimate of drug-likeness (QED) is 0.705. The van der Waals surface area contributed by atoms with Gasteiger partial charge in [-0.15, -0.1) is 0 Å². The van der Waals surface area contributed by atoms with Crippen molar-refractivity contribution < 1.29 is 9.59 Å². The Labute approximate surface area is 106 Å². The summed E-state index contributed by atoms with van der Waals surface area (Å²) in [6, 6.07) is 3.43. The highest BCUT2D eigenvalue weighted by molar-refractivity contribution is 5.97. The van der Waals surface area contributed by atoms with Crippen LogP contribution >= 0.6 is 0 Å². The number of rotatable bonds is 3. The Bertz CT molecular complexity index is 417. The lowest BCUT2D eigenvalue weighted by molar-refractivity contribution is -0.124. The third-order valence-electron chi connectivity index (χ3n) is 3.62. The van der Waals surface area contributed by atoms with Crippen LogP contribution in [0.25, 0.3) is 0 Å². The van der Waals surface area contributed by atoms with E-state index in [1.807, 2.05) is 0 Å². The third-order valence-corrected chi connectivity index (χ3v) is 3.62. The smallest absolute Gasteiger partial charge is 0.268 e. The number of aromatic nitrogens is 1. The van der Waals surface area contributed by atoms with Crippen LogP contribution in [0.5, 0.6) is 0 Å². The molecule has 4 N–H and O–H groups in total. The van der Waals surface area contributed by atoms with Gasteiger partial charge in [0.1, 0.15) is 11.2 Å². The zero-order valence-electron chi connectivity index (χ0n) is 10.4. The van der Waals surface area contributed by atoms with Crippen LogP contribution in [0.2, 0.25) is 0 Å². The number of aromatic amines is 1. The van der Waals surface area contributed by atoms with Gasteiger partial charge in [0.05, 0.1) is 0 Å². The Morgan fingerprint density at radius 2 is 1.89 bits per heavy atom. The van der Waals surface area contributed by atoms with Crippen LogP contribution in [0, 0.1) is 0 Å². The highest BCUT2D eigenvalue weighted by Gasteiger charge is 2.38. The first-order valence-corrected chi connectivity index (χ1v) is 6.40. The van der Waals surface area contributed by atoms with E-state index in [4.69, 9.17) is 5.73 Å². The molecule has 1 aromatic rings. The minimum absolute atomic E-state index is 0.263. The normalized spacial score (nSPS) is 18.9. The monoisotopic (exact) mass is 249 g/mol. The molecule has 0 aliphatic heterocycles. The fourth-order valence-electron chi connectivity index (χ4n) is 2.52. The number of hydrogen-bond donors (Lipinski definition) is 3. The van der Waals surface area contributed by atoms with Gasteiger partial charge >= 0.3 is 0 Å². The zero-order chi connectivity index (χ0) is 13.0. The van der Waals surface area contributed by atoms with Gasteiger partial charge in [-0.05, 0) is 25.0 Å². The molecule has 0 unspecified atom stereocenters. The van der Waals surface area contributed by atoms with Crippen LogP contribution in [0.4, 0.5) is 0 Å². The summed E-state index contributed by atoms with van der Waals surface area (Å²) in [5.41, 5.74) is 5.09. The lowest BCUT2D eigenvalue weighted by Gasteiger charge is -2.30. The van der Waals surface area contributed by atoms with E-state index in [0.717, 1.165) is 25.7 Å². The number of primary amides is 1. The molecule has 2 amide bonds. The van der Waals surface area contributed by atoms with Gasteiger partial charge in [0.15, 0.2) is 0 Å². The molecular formula is C13H19N3O2. The van der Waals surface area contributed by atoms with Crippen molar-refractivity contribution in [1.29, 1.82) is 0 Å². The van der Waals surface area contributed by atoms with E-state index in [1.165, 1.54) is 0 Å². The molecule has 0 radical (unpaired) electrons. The Morgan fingerprint density at radius 1 is 1.22 bits per heavy atom. The second-order valence-electron chi connectivity index (χ2n) is 4.90. The van der Waals surface area contributed by atoms with Gasteiger partial charge in [0.2, 0.25) is 5.91 Å². The average molecular weight is 249 g/mol. The van der Waals surface area contributed by atoms with Crippen molar-refractivity contribution in [2.24, 2.45) is 5.73 Å². The average Bonchev–Trinajstić information content (AvgIpc) is 2.77. The van der Waals surface area contributed by atoms with Gasteiger partial charge < -0.3 is 16.0 Å². The first kappa shape index (κ1) is 12.7. The molecule has 0 atom stereocenters. The molecule has 2 rings (SSSR count). The fraction of sp³-hybridized carbons (Fsp3) is 0.538. The number of nitrogens with two attached hydrogens (primary N) is 1. The molecule has 1 aromatic heterocycles. The summed E-state index contributed by atoms with van der Waals surface area (Å²) in [6.45, 7) is 0. The molecule has 98 valence electrons. The largest absolute Gasteiger partial charge is 0.368 e. The van der Waals surface area contributed by atoms with E-state index in [9.17, 15) is 9.59 Å². The second kappa shape index (κ2) is 5.25. The number of nitrogens with one attached hydrogen (secondary N) is 2. The third kappa shape index (κ3) is 2.55. The predicted molar refractivity (Wildman–Crippen MR) is 67.9 cm³/mol. The van der Waals surface area contributed by atoms with E-state index >= 15 is 0 Å². The summed E-state index contributed by atoms with van der Waals surface area (Å²) in [4.78, 5) is 26.6. The van der Waals surface area contributed by atoms with Crippen molar-refractivity contribution in [2.75, 3.05) is 0 Å². The summed E-state index contributed by atoms with van der Waals surface area (Å²) < 4.78 is 0. The van der Waals surface area contributed by atoms with Crippen molar-refractivity contribution in [1.82, 2.24) is 10.3 Å². The van der Waals surface area contributed by atoms with Crippen molar-refractivity contribution >= 4 is 11.8 Å². The van der Waals surface area contributed by atoms with Gasteiger partial charge in [-0.2, -0.15) is 0 Å². The molecule has 0 aromatic carbocycles. The van der Waals surface area contributed by atoms with Crippen molar-refractivity contribution in [3.05, 3.63) is 24.0 Å². The predicted octanol–water partition coefficient (Wildman–Crippen LogP) is 1.32. The summed E-state index contributed by atoms with van der Waals surface area (Å²) >= 11 is 0. The maximum Gasteiger partial charge on any atom is 0.268 e. The molecule has 5 nitrogen and oxygen atoms in total. The molecule has 0 bridgehead atoms. The first-order chi connectivity index (χ1) is 8.64. The van der Waals surface area contributed by atoms with Crippen LogP contribution in [0.3, 0.4) is 0 Å². The molecule has 1 fully saturated rings. The Hall–Kier alpha value is -1.78. The van der Waals surface area contributed by atoms with Crippen LogP contribution in [-0.2, 0) is 4.79 Å². The highest BCUT2D eigenvalue weighted by atomic mass is 16.2. The number of carbonyl (C=O) groups excluding carboxylic acids is 2. The molecule has 5 heteroatoms. The van der Waals surface area contributed by atoms with E-state index in [1.54, 1.807) is 18.3 Å². The molecule has 0 saturated heterocycles. The lowest BCUT2D eigenvalue weighted by Crippen LogP contribution is -2.57. The van der Waals surface area contributed by atoms with Crippen LogP contribution in [0.1, 0.15) is 49.0 Å². The van der Waals surface area contributed by atoms with Gasteiger partial charge in [0, 0.05) is 6.20 Å². The fourth-order valence-corrected chi connectivity index (χ4v) is 2.52. The van der Waals surface area contributed by atoms with Crippen molar-refractivity contribution in [3.63, 3.8) is 0 Å². The number of hydrogen-bond acceptors (Lipinski definition) is 2. The summed E-state index contributed by atoms with van der Waals surface area (Å²) in [7, 11) is 0. The van der Waals surface area contributed by atoms with E-state index in [-0.39, 0.29) is 5.91 Å². The molecule has 1 heterocycles. The standard InChI is InChI=1S/C13H19N3O2/c14-12(18)13(7-3-1-2-4-8-13)16-11(17)10-6-5-9-15-10/h5-6,9,15H,1-4,7-8H2,(H2,14,18)(H,16,17). The molecule has 1 aliphatic carbocycles. The number of carbonyl (C=O) groups is 2. The Balaban J connectivity index is 2.15. The maximum atomic E-state index is 12.0. The summed E-state index contributed by atoms with van der Waals surface area (Å²) in [6.07, 6.45) is 6.98. The van der Waals surface area contributed by atoms with Gasteiger partial charge in [-0.25, -0.2) is 0 Å². The molecule has 18 heavy (non-hydrogen) atoms. The van der Waals surface area contributed by atoms with Gasteiger partial charge in [-0.1, -0.05) is 25.7 Å². The first-order valence-electron chi connectivity index (χ1n) is 6.40. The molecule has 0 spiro atoms. The van der Waals surface area contributed by atoms with Crippen molar-refractivity contribution in [3.8, 4) is 0 Å². The number of H-pyrrole nitrogens is 1. The Kier molecular flexibility index (Phi) is 3.69. The van der Waals surface area contributed by atoms with Crippen LogP contribution in [-0.4, -0.2) is 22.3 Å². The van der Waals surface area contributed by atoms with Crippen LogP contribution in [0.15, 0.2) is 18.3 Å². The Morgan fingerprint density at radius 3 is 2.39 bits per heavy atom. The topological polar surface area (TPSA) is 88.0 Å². The van der Waals surface area contributed by atoms with Gasteiger partial charge in [-0.3, -0.25) is 9.59 Å². The summed E-state index contributed by atoms with van der Waals surface area (Å²) in [5.74, 6) is -0.690. The highest BCUT2D eigenvalue weighted by Crippen LogP contribution is 2.27. The minimum atomic E-state index is -0.876. The van der Waals surface area contributed by atoms with E-state index < -0.39 is 11.4 Å². The van der Waals surface area contributed by atoms with Crippen LogP contribution < -0.4 is 11.1 Å². The van der Waals surface area contributed by atoms with E-state index in [2.05, 4.69) is 10.3 Å². The zero-order valence-corrected chi connectivity index (χ0v) is 10.4. The molecule has 1 aliphatic rings. The van der Waals surface area contributed by atoms with Crippen molar-refractivity contribution in [2.45, 2.75) is 44.1 Å². The maximum absolute atomic E-state index is 12.0. The lowest BCUT2D eigenvalue weighted by atomic mass is 9.89. The number of amides is 2. The second-order valence-corrected chi connectivity index (χ2v) is 4.90. The molecule has 1 saturated carbocycles. The van der Waals surface area contributed by atoms with Gasteiger partial charge in [0.25, 0.3) is 5.91 Å². The SMILES string of the molecule is NC(=O)C1(NC(=O)c2ccc[nH]2)CCCCCC1. The molecular weight excluding hydrogens is 230 g/mol.